The third-order valence-electron chi connectivity index (χ3n) is 2.25. The normalized spacial score (nSPS) is 10.3. The number of anilines is 2. The van der Waals surface area contributed by atoms with E-state index in [-0.39, 0.29) is 11.6 Å². The van der Waals surface area contributed by atoms with E-state index in [9.17, 15) is 4.79 Å². The largest absolute Gasteiger partial charge is 0.477 e. The first-order valence-corrected chi connectivity index (χ1v) is 6.02. The second-order valence-electron chi connectivity index (χ2n) is 3.77. The molecule has 7 heteroatoms. The summed E-state index contributed by atoms with van der Waals surface area (Å²) in [5.74, 6) is -0.965. The van der Waals surface area contributed by atoms with Gasteiger partial charge >= 0.3 is 5.97 Å². The minimum absolute atomic E-state index is 0.0897. The summed E-state index contributed by atoms with van der Waals surface area (Å²) in [5.41, 5.74) is 0.956. The molecule has 2 rings (SSSR count). The maximum absolute atomic E-state index is 10.9. The molecule has 0 aliphatic heterocycles. The van der Waals surface area contributed by atoms with Crippen LogP contribution in [0.15, 0.2) is 24.3 Å². The van der Waals surface area contributed by atoms with Crippen LogP contribution in [0.4, 0.5) is 11.6 Å². The number of carbonyl (C=O) groups is 1. The topological polar surface area (TPSA) is 75.1 Å². The van der Waals surface area contributed by atoms with Crippen molar-refractivity contribution in [3.63, 3.8) is 0 Å². The van der Waals surface area contributed by atoms with E-state index >= 15 is 0 Å². The number of rotatable bonds is 3. The molecule has 2 aromatic rings. The summed E-state index contributed by atoms with van der Waals surface area (Å²) in [6.45, 7) is 1.68. The van der Waals surface area contributed by atoms with E-state index in [2.05, 4.69) is 15.3 Å². The molecule has 98 valence electrons. The second kappa shape index (κ2) is 5.42. The van der Waals surface area contributed by atoms with Crippen LogP contribution >= 0.6 is 23.2 Å². The quantitative estimate of drug-likeness (QED) is 0.906. The van der Waals surface area contributed by atoms with Crippen molar-refractivity contribution in [2.24, 2.45) is 0 Å². The van der Waals surface area contributed by atoms with Gasteiger partial charge < -0.3 is 10.4 Å². The van der Waals surface area contributed by atoms with Crippen molar-refractivity contribution in [3.8, 4) is 0 Å². The number of nitrogens with zero attached hydrogens (tertiary/aromatic N) is 2. The van der Waals surface area contributed by atoms with E-state index in [1.807, 2.05) is 0 Å². The molecule has 1 aromatic carbocycles. The van der Waals surface area contributed by atoms with Gasteiger partial charge in [-0.25, -0.2) is 14.8 Å². The van der Waals surface area contributed by atoms with Crippen LogP contribution in [0, 0.1) is 6.92 Å². The predicted octanol–water partition coefficient (Wildman–Crippen LogP) is 3.53. The summed E-state index contributed by atoms with van der Waals surface area (Å²) in [6.07, 6.45) is 0. The lowest BCUT2D eigenvalue weighted by Crippen LogP contribution is -2.06. The Balaban J connectivity index is 2.38. The Hall–Kier alpha value is -1.85. The minimum Gasteiger partial charge on any atom is -0.477 e. The summed E-state index contributed by atoms with van der Waals surface area (Å²) in [7, 11) is 0. The highest BCUT2D eigenvalue weighted by atomic mass is 35.5. The van der Waals surface area contributed by atoms with E-state index in [1.165, 1.54) is 6.07 Å². The van der Waals surface area contributed by atoms with Crippen molar-refractivity contribution in [1.29, 1.82) is 0 Å². The summed E-state index contributed by atoms with van der Waals surface area (Å²) in [4.78, 5) is 18.9. The van der Waals surface area contributed by atoms with Crippen molar-refractivity contribution < 1.29 is 9.90 Å². The predicted molar refractivity (Wildman–Crippen MR) is 73.5 cm³/mol. The molecule has 0 saturated carbocycles. The van der Waals surface area contributed by atoms with Gasteiger partial charge in [-0.3, -0.25) is 0 Å². The van der Waals surface area contributed by atoms with Crippen molar-refractivity contribution in [2.75, 3.05) is 5.32 Å². The van der Waals surface area contributed by atoms with Crippen molar-refractivity contribution >= 4 is 40.8 Å². The molecular weight excluding hydrogens is 289 g/mol. The van der Waals surface area contributed by atoms with Gasteiger partial charge in [-0.2, -0.15) is 0 Å². The van der Waals surface area contributed by atoms with Crippen LogP contribution in [-0.2, 0) is 0 Å². The lowest BCUT2D eigenvalue weighted by Gasteiger charge is -2.08. The number of carboxylic acids is 1. The molecule has 0 aliphatic rings. The number of aromatic carboxylic acids is 1. The van der Waals surface area contributed by atoms with Crippen LogP contribution in [0.5, 0.6) is 0 Å². The molecule has 19 heavy (non-hydrogen) atoms. The molecule has 0 atom stereocenters. The molecule has 0 radical (unpaired) electrons. The summed E-state index contributed by atoms with van der Waals surface area (Å²) < 4.78 is 0. The zero-order chi connectivity index (χ0) is 14.0. The Morgan fingerprint density at radius 2 is 2.00 bits per heavy atom. The highest BCUT2D eigenvalue weighted by Crippen LogP contribution is 2.27. The molecule has 0 spiro atoms. The Labute approximate surface area is 119 Å². The van der Waals surface area contributed by atoms with Gasteiger partial charge in [-0.05, 0) is 31.2 Å². The number of aromatic nitrogens is 2. The SMILES string of the molecule is Cc1cc(C(=O)O)nc(Nc2cc(Cl)ccc2Cl)n1. The van der Waals surface area contributed by atoms with Crippen molar-refractivity contribution in [2.45, 2.75) is 6.92 Å². The van der Waals surface area contributed by atoms with Gasteiger partial charge in [0.25, 0.3) is 0 Å². The highest BCUT2D eigenvalue weighted by molar-refractivity contribution is 6.35. The highest BCUT2D eigenvalue weighted by Gasteiger charge is 2.10. The minimum atomic E-state index is -1.12. The first kappa shape index (κ1) is 13.6. The third-order valence-corrected chi connectivity index (χ3v) is 2.81. The number of benzene rings is 1. The molecule has 0 unspecified atom stereocenters. The Bertz CT molecular complexity index is 647. The monoisotopic (exact) mass is 297 g/mol. The smallest absolute Gasteiger partial charge is 0.354 e. The van der Waals surface area contributed by atoms with Gasteiger partial charge in [0.1, 0.15) is 0 Å². The molecule has 0 aliphatic carbocycles. The number of nitrogens with one attached hydrogen (secondary N) is 1. The Morgan fingerprint density at radius 1 is 1.26 bits per heavy atom. The number of halogens is 2. The van der Waals surface area contributed by atoms with E-state index < -0.39 is 5.97 Å². The van der Waals surface area contributed by atoms with Gasteiger partial charge in [-0.15, -0.1) is 0 Å². The maximum Gasteiger partial charge on any atom is 0.354 e. The first-order chi connectivity index (χ1) is 8.95. The molecule has 0 amide bonds. The summed E-state index contributed by atoms with van der Waals surface area (Å²) in [6, 6.07) is 6.26. The van der Waals surface area contributed by atoms with E-state index in [1.54, 1.807) is 25.1 Å². The molecule has 0 bridgehead atoms. The van der Waals surface area contributed by atoms with Gasteiger partial charge in [0.2, 0.25) is 5.95 Å². The molecule has 1 heterocycles. The fraction of sp³-hybridized carbons (Fsp3) is 0.0833. The first-order valence-electron chi connectivity index (χ1n) is 5.27. The van der Waals surface area contributed by atoms with E-state index in [0.717, 1.165) is 0 Å². The van der Waals surface area contributed by atoms with E-state index in [4.69, 9.17) is 28.3 Å². The molecular formula is C12H9Cl2N3O2. The lowest BCUT2D eigenvalue weighted by molar-refractivity contribution is 0.0690. The lowest BCUT2D eigenvalue weighted by atomic mass is 10.3. The summed E-state index contributed by atoms with van der Waals surface area (Å²) >= 11 is 11.9. The number of aryl methyl sites for hydroxylation is 1. The molecule has 0 fully saturated rings. The number of hydrogen-bond donors (Lipinski definition) is 2. The second-order valence-corrected chi connectivity index (χ2v) is 4.62. The van der Waals surface area contributed by atoms with Crippen LogP contribution in [0.1, 0.15) is 16.2 Å². The van der Waals surface area contributed by atoms with Gasteiger partial charge in [0.05, 0.1) is 10.7 Å². The van der Waals surface area contributed by atoms with E-state index in [0.29, 0.717) is 21.4 Å². The fourth-order valence-electron chi connectivity index (χ4n) is 1.45. The zero-order valence-corrected chi connectivity index (χ0v) is 11.3. The maximum atomic E-state index is 10.9. The average Bonchev–Trinajstić information content (AvgIpc) is 2.33. The Kier molecular flexibility index (Phi) is 3.87. The molecule has 0 saturated heterocycles. The van der Waals surface area contributed by atoms with Crippen LogP contribution in [0.3, 0.4) is 0 Å². The van der Waals surface area contributed by atoms with Crippen LogP contribution < -0.4 is 5.32 Å². The summed E-state index contributed by atoms with van der Waals surface area (Å²) in [5, 5.41) is 12.7. The molecule has 1 aromatic heterocycles. The third kappa shape index (κ3) is 3.33. The average molecular weight is 298 g/mol. The number of hydrogen-bond acceptors (Lipinski definition) is 4. The van der Waals surface area contributed by atoms with Gasteiger partial charge in [0, 0.05) is 10.7 Å². The van der Waals surface area contributed by atoms with Crippen LogP contribution in [-0.4, -0.2) is 21.0 Å². The molecule has 2 N–H and O–H groups in total. The standard InChI is InChI=1S/C12H9Cl2N3O2/c1-6-4-10(11(18)19)17-12(15-6)16-9-5-7(13)2-3-8(9)14/h2-5H,1H3,(H,18,19)(H,15,16,17). The van der Waals surface area contributed by atoms with Crippen molar-refractivity contribution in [3.05, 3.63) is 45.7 Å². The van der Waals surface area contributed by atoms with Crippen molar-refractivity contribution in [1.82, 2.24) is 9.97 Å². The van der Waals surface area contributed by atoms with Crippen LogP contribution in [0.2, 0.25) is 10.0 Å². The Morgan fingerprint density at radius 3 is 2.68 bits per heavy atom. The fourth-order valence-corrected chi connectivity index (χ4v) is 1.78. The number of carboxylic acid groups (broad SMARTS) is 1. The van der Waals surface area contributed by atoms with Crippen LogP contribution in [0.25, 0.3) is 0 Å². The van der Waals surface area contributed by atoms with Gasteiger partial charge in [-0.1, -0.05) is 23.2 Å². The molecule has 5 nitrogen and oxygen atoms in total. The zero-order valence-electron chi connectivity index (χ0n) is 9.82. The van der Waals surface area contributed by atoms with Gasteiger partial charge in [0.15, 0.2) is 5.69 Å².